The van der Waals surface area contributed by atoms with E-state index in [-0.39, 0.29) is 11.1 Å². The molecule has 152 valence electrons. The molecule has 0 heterocycles. The van der Waals surface area contributed by atoms with Gasteiger partial charge in [-0.3, -0.25) is 10.0 Å². The van der Waals surface area contributed by atoms with Gasteiger partial charge in [0, 0.05) is 0 Å². The highest BCUT2D eigenvalue weighted by Crippen LogP contribution is 2.39. The summed E-state index contributed by atoms with van der Waals surface area (Å²) in [5, 5.41) is 18.8. The van der Waals surface area contributed by atoms with Crippen LogP contribution in [0, 0.1) is 0 Å². The molecule has 0 unspecified atom stereocenters. The van der Waals surface area contributed by atoms with Gasteiger partial charge in [0.2, 0.25) is 5.75 Å². The summed E-state index contributed by atoms with van der Waals surface area (Å²) in [6, 6.07) is 11.7. The average molecular weight is 399 g/mol. The number of benzene rings is 2. The van der Waals surface area contributed by atoms with Crippen LogP contribution in [-0.2, 0) is 9.59 Å². The molecule has 0 bridgehead atoms. The van der Waals surface area contributed by atoms with Crippen LogP contribution < -0.4 is 19.7 Å². The van der Waals surface area contributed by atoms with Gasteiger partial charge in [-0.15, -0.1) is 0 Å². The molecule has 2 aromatic rings. The summed E-state index contributed by atoms with van der Waals surface area (Å²) in [7, 11) is 4.32. The van der Waals surface area contributed by atoms with E-state index in [1.54, 1.807) is 42.5 Å². The van der Waals surface area contributed by atoms with Gasteiger partial charge in [0.15, 0.2) is 11.5 Å². The number of rotatable bonds is 8. The average Bonchev–Trinajstić information content (AvgIpc) is 2.75. The summed E-state index contributed by atoms with van der Waals surface area (Å²) < 4.78 is 15.8. The van der Waals surface area contributed by atoms with Crippen molar-refractivity contribution in [1.82, 2.24) is 5.48 Å². The molecule has 0 saturated heterocycles. The van der Waals surface area contributed by atoms with Crippen molar-refractivity contribution in [3.63, 3.8) is 0 Å². The predicted octanol–water partition coefficient (Wildman–Crippen LogP) is 2.77. The number of hydrogen-bond donors (Lipinski definition) is 3. The topological polar surface area (TPSA) is 114 Å². The first kappa shape index (κ1) is 21.5. The van der Waals surface area contributed by atoms with Gasteiger partial charge in [-0.05, 0) is 35.4 Å². The van der Waals surface area contributed by atoms with Crippen LogP contribution in [0.15, 0.2) is 53.6 Å². The number of carboxylic acid groups (broad SMARTS) is 1. The predicted molar refractivity (Wildman–Crippen MR) is 106 cm³/mol. The lowest BCUT2D eigenvalue weighted by molar-refractivity contribution is -0.133. The summed E-state index contributed by atoms with van der Waals surface area (Å²) in [5.41, 5.74) is 1.89. The first-order chi connectivity index (χ1) is 13.9. The Hall–Kier alpha value is -3.78. The fourth-order valence-electron chi connectivity index (χ4n) is 2.65. The summed E-state index contributed by atoms with van der Waals surface area (Å²) in [6.07, 6.45) is 2.64. The molecule has 29 heavy (non-hydrogen) atoms. The lowest BCUT2D eigenvalue weighted by Crippen LogP contribution is -2.24. The number of carboxylic acids is 1. The molecule has 0 aliphatic rings. The SMILES string of the molecule is COc1cc(/C=C(C(=O)O)\C(=C\c2ccccc2)C(=O)NO)cc(OC)c1OC. The van der Waals surface area contributed by atoms with Gasteiger partial charge in [-0.1, -0.05) is 30.3 Å². The first-order valence-corrected chi connectivity index (χ1v) is 8.41. The van der Waals surface area contributed by atoms with Crippen molar-refractivity contribution >= 4 is 24.0 Å². The van der Waals surface area contributed by atoms with Crippen LogP contribution in [-0.4, -0.2) is 43.5 Å². The van der Waals surface area contributed by atoms with Gasteiger partial charge < -0.3 is 19.3 Å². The van der Waals surface area contributed by atoms with E-state index < -0.39 is 11.9 Å². The Balaban J connectivity index is 2.67. The largest absolute Gasteiger partial charge is 0.493 e. The zero-order valence-electron chi connectivity index (χ0n) is 16.1. The van der Waals surface area contributed by atoms with Crippen molar-refractivity contribution in [3.05, 3.63) is 64.7 Å². The second kappa shape index (κ2) is 9.95. The smallest absolute Gasteiger partial charge is 0.336 e. The molecule has 1 amide bonds. The summed E-state index contributed by atoms with van der Waals surface area (Å²) in [5.74, 6) is -1.33. The van der Waals surface area contributed by atoms with Gasteiger partial charge in [0.25, 0.3) is 5.91 Å². The van der Waals surface area contributed by atoms with Gasteiger partial charge in [-0.25, -0.2) is 10.3 Å². The van der Waals surface area contributed by atoms with Gasteiger partial charge in [0.1, 0.15) is 0 Å². The second-order valence-electron chi connectivity index (χ2n) is 5.73. The molecule has 0 aliphatic heterocycles. The standard InChI is InChI=1S/C21H21NO7/c1-27-17-11-14(12-18(28-2)19(17)29-3)10-16(21(24)25)15(20(23)22-26)9-13-7-5-4-6-8-13/h4-12,26H,1-3H3,(H,22,23)(H,24,25)/b15-9-,16-10+. The Kier molecular flexibility index (Phi) is 7.39. The van der Waals surface area contributed by atoms with Crippen molar-refractivity contribution in [3.8, 4) is 17.2 Å². The van der Waals surface area contributed by atoms with E-state index in [0.717, 1.165) is 0 Å². The molecular formula is C21H21NO7. The van der Waals surface area contributed by atoms with Crippen LogP contribution in [0.4, 0.5) is 0 Å². The second-order valence-corrected chi connectivity index (χ2v) is 5.73. The minimum absolute atomic E-state index is 0.236. The van der Waals surface area contributed by atoms with E-state index in [1.807, 2.05) is 0 Å². The van der Waals surface area contributed by atoms with Gasteiger partial charge >= 0.3 is 5.97 Å². The minimum atomic E-state index is -1.36. The van der Waals surface area contributed by atoms with Crippen LogP contribution in [0.25, 0.3) is 12.2 Å². The lowest BCUT2D eigenvalue weighted by Gasteiger charge is -2.13. The Morgan fingerprint density at radius 2 is 1.41 bits per heavy atom. The lowest BCUT2D eigenvalue weighted by atomic mass is 9.99. The molecule has 2 aromatic carbocycles. The maximum atomic E-state index is 12.2. The summed E-state index contributed by atoms with van der Waals surface area (Å²) >= 11 is 0. The molecule has 0 spiro atoms. The third kappa shape index (κ3) is 5.14. The van der Waals surface area contributed by atoms with E-state index in [4.69, 9.17) is 19.4 Å². The van der Waals surface area contributed by atoms with E-state index in [0.29, 0.717) is 28.4 Å². The highest BCUT2D eigenvalue weighted by molar-refractivity contribution is 6.13. The molecule has 8 heteroatoms. The molecule has 2 rings (SSSR count). The normalized spacial score (nSPS) is 11.6. The quantitative estimate of drug-likeness (QED) is 0.271. The highest BCUT2D eigenvalue weighted by Gasteiger charge is 2.21. The Morgan fingerprint density at radius 3 is 1.86 bits per heavy atom. The van der Waals surface area contributed by atoms with Crippen molar-refractivity contribution in [2.24, 2.45) is 0 Å². The number of hydrogen-bond acceptors (Lipinski definition) is 6. The van der Waals surface area contributed by atoms with Gasteiger partial charge in [-0.2, -0.15) is 0 Å². The molecule has 0 aliphatic carbocycles. The number of methoxy groups -OCH3 is 3. The first-order valence-electron chi connectivity index (χ1n) is 8.41. The number of carbonyl (C=O) groups is 2. The van der Waals surface area contributed by atoms with Crippen molar-refractivity contribution in [1.29, 1.82) is 0 Å². The van der Waals surface area contributed by atoms with Crippen LogP contribution in [0.3, 0.4) is 0 Å². The molecule has 3 N–H and O–H groups in total. The van der Waals surface area contributed by atoms with E-state index in [9.17, 15) is 14.7 Å². The number of carbonyl (C=O) groups excluding carboxylic acids is 1. The maximum Gasteiger partial charge on any atom is 0.336 e. The highest BCUT2D eigenvalue weighted by atomic mass is 16.5. The van der Waals surface area contributed by atoms with Gasteiger partial charge in [0.05, 0.1) is 32.5 Å². The number of aliphatic carboxylic acids is 1. The zero-order valence-corrected chi connectivity index (χ0v) is 16.1. The fraction of sp³-hybridized carbons (Fsp3) is 0.143. The third-order valence-corrected chi connectivity index (χ3v) is 3.98. The number of amides is 1. The van der Waals surface area contributed by atoms with E-state index >= 15 is 0 Å². The maximum absolute atomic E-state index is 12.2. The zero-order chi connectivity index (χ0) is 21.4. The number of ether oxygens (including phenoxy) is 3. The van der Waals surface area contributed by atoms with Crippen LogP contribution >= 0.6 is 0 Å². The monoisotopic (exact) mass is 399 g/mol. The number of hydroxylamine groups is 1. The molecule has 0 aromatic heterocycles. The summed E-state index contributed by atoms with van der Waals surface area (Å²) in [4.78, 5) is 24.1. The van der Waals surface area contributed by atoms with Crippen molar-refractivity contribution in [2.75, 3.05) is 21.3 Å². The molecule has 0 atom stereocenters. The Morgan fingerprint density at radius 1 is 0.862 bits per heavy atom. The fourth-order valence-corrected chi connectivity index (χ4v) is 2.65. The number of nitrogens with one attached hydrogen (secondary N) is 1. The molecule has 8 nitrogen and oxygen atoms in total. The van der Waals surface area contributed by atoms with Crippen molar-refractivity contribution < 1.29 is 34.1 Å². The van der Waals surface area contributed by atoms with Crippen LogP contribution in [0.5, 0.6) is 17.2 Å². The van der Waals surface area contributed by atoms with E-state index in [1.165, 1.54) is 39.0 Å². The Bertz CT molecular complexity index is 924. The minimum Gasteiger partial charge on any atom is -0.493 e. The van der Waals surface area contributed by atoms with Crippen LogP contribution in [0.2, 0.25) is 0 Å². The van der Waals surface area contributed by atoms with Crippen LogP contribution in [0.1, 0.15) is 11.1 Å². The molecule has 0 radical (unpaired) electrons. The molecular weight excluding hydrogens is 378 g/mol. The summed E-state index contributed by atoms with van der Waals surface area (Å²) in [6.45, 7) is 0. The molecule has 0 fully saturated rings. The van der Waals surface area contributed by atoms with Crippen molar-refractivity contribution in [2.45, 2.75) is 0 Å². The van der Waals surface area contributed by atoms with E-state index in [2.05, 4.69) is 0 Å². The molecule has 0 saturated carbocycles. The third-order valence-electron chi connectivity index (χ3n) is 3.98. The Labute approximate surface area is 167 Å².